The number of allylic oxidation sites excluding steroid dienone is 3. The van der Waals surface area contributed by atoms with Gasteiger partial charge in [-0.2, -0.15) is 0 Å². The number of aliphatic hydroxyl groups is 23. The zero-order valence-electron chi connectivity index (χ0n) is 71.1. The zero-order chi connectivity index (χ0) is 94.1. The molecule has 7 saturated heterocycles. The third-order valence-electron chi connectivity index (χ3n) is 26.6. The Bertz CT molecular complexity index is 3660. The van der Waals surface area contributed by atoms with Crippen LogP contribution in [0, 0.1) is 29.6 Å². The Labute approximate surface area is 743 Å². The van der Waals surface area contributed by atoms with Crippen molar-refractivity contribution in [3.8, 4) is 0 Å². The number of carboxylic acid groups (broad SMARTS) is 1. The van der Waals surface area contributed by atoms with Gasteiger partial charge in [-0.1, -0.05) is 18.2 Å². The van der Waals surface area contributed by atoms with Gasteiger partial charge in [0.05, 0.1) is 99.2 Å². The molecule has 12 aliphatic rings. The van der Waals surface area contributed by atoms with Gasteiger partial charge in [0.25, 0.3) is 0 Å². The standard InChI is InChI=1S/C82H126O48/c1-112-45-17-32(18-46(113-2)74(45)129-80-72(111)65(104)60(99)49(25-84)124-80)7-13-55(94)115-28-52-63(102)68(107)76(82(127-52)122-47-22-35-43(118-73(47)33-8-9-36(86)37(87)19-33)20-34(85)21-44(35)121-79-71(110)67(106)62(101)51(126-79)29-116-57(96)23-53(91)92)130-81-75(58(97)40(90)26-117-81)128-56(95)14-6-31-4-11-42(39(89)16-31)120-78-70(109)66(105)61(100)50(125-78)27-114-54(93)12-5-30-3-10-41(38(88)15-30)119-77-69(108)64(103)59(98)48(24-83)123-77/h5-7,12-14,30-52,58-90,97-111H,3-4,8-11,15-29H2,1-2H3,(H,91,92)/t30?,31?,32?,33?,34?,35?,36?,37?,38?,39?,40-,41?,42?,43?,44?,45?,46?,47?,48-,49-,50-,51-,52-,58+,59-,60-,61-,62-,63-,64+,65+,66+,67+,68+,69-,70-,71-,72-,73?,74?,75-,76-,77-,78-,79-,80+,81+,82-/m1/s1. The molecular weight excluding hydrogens is 1750 g/mol. The Morgan fingerprint density at radius 1 is 0.338 bits per heavy atom. The molecule has 742 valence electrons. The predicted molar refractivity (Wildman–Crippen MR) is 417 cm³/mol. The first-order valence-corrected chi connectivity index (χ1v) is 43.9. The molecule has 0 spiro atoms. The summed E-state index contributed by atoms with van der Waals surface area (Å²) in [6.45, 7) is -4.49. The lowest BCUT2D eigenvalue weighted by Gasteiger charge is -2.53. The SMILES string of the molecule is COC1CC(C=CC(=O)OC[C@H]2O[C@@H](OC3CC4C(CC(O)CC4O[C@@H]4O[C@H](COC(=O)CC(=O)O)[C@@H](O)[C@H](O)[C@H]4O)OC3C3CCC(O)C(O)C3)[C@H](O[C@@H]3OC[C@@H](O)[C@H](O)[C@H]3OC(=O)C=CC3CCC(O[C@@H]4O[C@H](COC(=O)C=CC5CCC(O[C@@H]6O[C@H](CO)[C@@H](O)[C@H](O)[C@H]6O)C(O)C5)[C@@H](O)[C@H](O)[C@H]4O)C(O)C3)[C@@H](O)[C@@H]2O)CC(OC)C1O[C@@H]1O[C@H](CO)[C@@H](O)[C@H](O)[C@H]1O. The molecule has 12 rings (SSSR count). The number of esters is 4. The van der Waals surface area contributed by atoms with Crippen LogP contribution in [0.25, 0.3) is 0 Å². The number of methoxy groups -OCH3 is 2. The quantitative estimate of drug-likeness (QED) is 0.0129. The highest BCUT2D eigenvalue weighted by molar-refractivity contribution is 5.90. The van der Waals surface area contributed by atoms with Gasteiger partial charge in [-0.15, -0.1) is 0 Å². The molecule has 5 saturated carbocycles. The van der Waals surface area contributed by atoms with E-state index in [1.165, 1.54) is 32.4 Å². The average molecular weight is 1880 g/mol. The summed E-state index contributed by atoms with van der Waals surface area (Å²) in [5.74, 6) is -9.09. The number of carbonyl (C=O) groups is 5. The van der Waals surface area contributed by atoms with Crippen molar-refractivity contribution in [3.63, 3.8) is 0 Å². The van der Waals surface area contributed by atoms with Crippen LogP contribution in [0.2, 0.25) is 0 Å². The average Bonchev–Trinajstić information content (AvgIpc) is 0.755. The number of carboxylic acids is 1. The van der Waals surface area contributed by atoms with Crippen molar-refractivity contribution in [1.82, 2.24) is 0 Å². The molecule has 0 amide bonds. The van der Waals surface area contributed by atoms with E-state index < -0.39 is 369 Å². The molecule has 46 atom stereocenters. The Morgan fingerprint density at radius 2 is 0.777 bits per heavy atom. The molecule has 48 heteroatoms. The first-order chi connectivity index (χ1) is 61.8. The fourth-order valence-corrected chi connectivity index (χ4v) is 19.1. The minimum atomic E-state index is -2.20. The molecule has 5 aliphatic carbocycles. The van der Waals surface area contributed by atoms with E-state index in [4.69, 9.17) is 95.1 Å². The second kappa shape index (κ2) is 46.9. The van der Waals surface area contributed by atoms with E-state index in [-0.39, 0.29) is 83.5 Å². The van der Waals surface area contributed by atoms with Crippen LogP contribution in [0.4, 0.5) is 0 Å². The van der Waals surface area contributed by atoms with Crippen molar-refractivity contribution in [2.45, 2.75) is 360 Å². The monoisotopic (exact) mass is 1880 g/mol. The minimum Gasteiger partial charge on any atom is -0.481 e. The molecule has 24 N–H and O–H groups in total. The van der Waals surface area contributed by atoms with Crippen LogP contribution in [0.1, 0.15) is 96.3 Å². The lowest BCUT2D eigenvalue weighted by molar-refractivity contribution is -0.373. The largest absolute Gasteiger partial charge is 0.481 e. The number of carbonyl (C=O) groups excluding carboxylic acids is 4. The first-order valence-electron chi connectivity index (χ1n) is 43.9. The number of hydrogen-bond acceptors (Lipinski definition) is 47. The van der Waals surface area contributed by atoms with Crippen LogP contribution in [-0.4, -0.2) is 470 Å². The number of hydrogen-bond donors (Lipinski definition) is 24. The van der Waals surface area contributed by atoms with Crippen molar-refractivity contribution >= 4 is 29.8 Å². The number of fused-ring (bicyclic) bond motifs is 1. The van der Waals surface area contributed by atoms with E-state index >= 15 is 0 Å². The van der Waals surface area contributed by atoms with Crippen LogP contribution in [0.15, 0.2) is 36.5 Å². The topological polar surface area (TPSA) is 746 Å². The van der Waals surface area contributed by atoms with Crippen LogP contribution < -0.4 is 0 Å². The van der Waals surface area contributed by atoms with Crippen molar-refractivity contribution in [1.29, 1.82) is 0 Å². The van der Waals surface area contributed by atoms with Crippen molar-refractivity contribution < 1.29 is 237 Å². The summed E-state index contributed by atoms with van der Waals surface area (Å²) in [6, 6.07) is 0. The lowest BCUT2D eigenvalue weighted by Crippen LogP contribution is -2.65. The molecule has 0 aromatic carbocycles. The molecular formula is C82H126O48. The number of aliphatic carboxylic acids is 1. The summed E-state index contributed by atoms with van der Waals surface area (Å²) in [5.41, 5.74) is 0. The van der Waals surface area contributed by atoms with E-state index in [0.29, 0.717) is 6.42 Å². The molecule has 130 heavy (non-hydrogen) atoms. The summed E-state index contributed by atoms with van der Waals surface area (Å²) in [5, 5.41) is 260. The van der Waals surface area contributed by atoms with Crippen LogP contribution >= 0.6 is 0 Å². The number of rotatable bonds is 32. The fourth-order valence-electron chi connectivity index (χ4n) is 19.1. The summed E-state index contributed by atoms with van der Waals surface area (Å²) in [6.07, 6.45) is -60.6. The van der Waals surface area contributed by atoms with Crippen molar-refractivity contribution in [2.75, 3.05) is 53.9 Å². The molecule has 0 aromatic rings. The van der Waals surface area contributed by atoms with Crippen LogP contribution in [0.3, 0.4) is 0 Å². The van der Waals surface area contributed by atoms with Gasteiger partial charge in [0.1, 0.15) is 167 Å². The van der Waals surface area contributed by atoms with E-state index in [1.807, 2.05) is 0 Å². The third kappa shape index (κ3) is 25.3. The third-order valence-corrected chi connectivity index (χ3v) is 26.6. The molecule has 48 nitrogen and oxygen atoms in total. The molecule has 0 bridgehead atoms. The maximum Gasteiger partial charge on any atom is 0.330 e. The maximum absolute atomic E-state index is 14.0. The normalized spacial score (nSPS) is 47.6. The van der Waals surface area contributed by atoms with Gasteiger partial charge in [0, 0.05) is 44.8 Å². The molecule has 0 aromatic heterocycles. The second-order valence-corrected chi connectivity index (χ2v) is 35.5. The summed E-state index contributed by atoms with van der Waals surface area (Å²) in [4.78, 5) is 64.4. The van der Waals surface area contributed by atoms with Crippen molar-refractivity contribution in [3.05, 3.63) is 36.5 Å². The molecule has 7 heterocycles. The predicted octanol–water partition coefficient (Wildman–Crippen LogP) is -11.1. The van der Waals surface area contributed by atoms with Gasteiger partial charge in [-0.05, 0) is 107 Å². The van der Waals surface area contributed by atoms with Crippen LogP contribution in [0.5, 0.6) is 0 Å². The van der Waals surface area contributed by atoms with Crippen LogP contribution in [-0.2, 0) is 114 Å². The van der Waals surface area contributed by atoms with Gasteiger partial charge in [-0.3, -0.25) is 9.59 Å². The first kappa shape index (κ1) is 104. The molecule has 7 aliphatic heterocycles. The Kier molecular flexibility index (Phi) is 37.5. The highest BCUT2D eigenvalue weighted by Gasteiger charge is 2.59. The highest BCUT2D eigenvalue weighted by Crippen LogP contribution is 2.47. The van der Waals surface area contributed by atoms with E-state index in [2.05, 4.69) is 0 Å². The second-order valence-electron chi connectivity index (χ2n) is 35.5. The summed E-state index contributed by atoms with van der Waals surface area (Å²) in [7, 11) is 2.72. The van der Waals surface area contributed by atoms with Gasteiger partial charge >= 0.3 is 29.8 Å². The minimum absolute atomic E-state index is 0.0116. The van der Waals surface area contributed by atoms with E-state index in [0.717, 1.165) is 18.2 Å². The lowest BCUT2D eigenvalue weighted by atomic mass is 9.72. The van der Waals surface area contributed by atoms with Gasteiger partial charge in [0.2, 0.25) is 0 Å². The number of aliphatic hydroxyl groups excluding tert-OH is 23. The Balaban J connectivity index is 0.712. The van der Waals surface area contributed by atoms with Crippen molar-refractivity contribution in [2.24, 2.45) is 29.6 Å². The smallest absolute Gasteiger partial charge is 0.330 e. The fraction of sp³-hybridized carbons (Fsp3) is 0.866. The van der Waals surface area contributed by atoms with E-state index in [1.54, 1.807) is 0 Å². The maximum atomic E-state index is 14.0. The molecule has 17 unspecified atom stereocenters. The van der Waals surface area contributed by atoms with Gasteiger partial charge in [0.15, 0.2) is 43.8 Å². The van der Waals surface area contributed by atoms with E-state index in [9.17, 15) is 141 Å². The summed E-state index contributed by atoms with van der Waals surface area (Å²) >= 11 is 0. The number of ether oxygens (including phenoxy) is 19. The van der Waals surface area contributed by atoms with Gasteiger partial charge in [-0.25, -0.2) is 14.4 Å². The Morgan fingerprint density at radius 3 is 1.26 bits per heavy atom. The molecule has 0 radical (unpaired) electrons. The van der Waals surface area contributed by atoms with Gasteiger partial charge < -0.3 is 213 Å². The summed E-state index contributed by atoms with van der Waals surface area (Å²) < 4.78 is 112. The molecule has 12 fully saturated rings. The highest BCUT2D eigenvalue weighted by atomic mass is 16.8. The zero-order valence-corrected chi connectivity index (χ0v) is 71.1. The Hall–Kier alpha value is -4.95.